The van der Waals surface area contributed by atoms with E-state index < -0.39 is 11.9 Å². The number of rotatable bonds is 3. The van der Waals surface area contributed by atoms with Crippen molar-refractivity contribution in [1.29, 1.82) is 0 Å². The van der Waals surface area contributed by atoms with Crippen LogP contribution >= 0.6 is 0 Å². The van der Waals surface area contributed by atoms with E-state index in [1.54, 1.807) is 6.07 Å². The molecule has 0 spiro atoms. The molecule has 1 N–H and O–H groups in total. The van der Waals surface area contributed by atoms with Crippen LogP contribution in [0.2, 0.25) is 0 Å². The molecule has 4 heteroatoms. The van der Waals surface area contributed by atoms with Crippen LogP contribution in [0.4, 0.5) is 0 Å². The maximum absolute atomic E-state index is 11.5. The lowest BCUT2D eigenvalue weighted by Crippen LogP contribution is -2.10. The lowest BCUT2D eigenvalue weighted by molar-refractivity contribution is 0.0716. The van der Waals surface area contributed by atoms with Crippen LogP contribution in [-0.2, 0) is 0 Å². The largest absolute Gasteiger partial charge is 0.472 e. The molecule has 0 amide bonds. The lowest BCUT2D eigenvalue weighted by atomic mass is 10.1. The number of ketones is 1. The van der Waals surface area contributed by atoms with Gasteiger partial charge in [0, 0.05) is 5.56 Å². The fourth-order valence-electron chi connectivity index (χ4n) is 1.14. The number of carbonyl (C=O) groups excluding carboxylic acids is 1. The summed E-state index contributed by atoms with van der Waals surface area (Å²) in [7, 11) is 0. The monoisotopic (exact) mass is 192 g/mol. The first-order valence-electron chi connectivity index (χ1n) is 4.07. The van der Waals surface area contributed by atoms with Gasteiger partial charge in [-0.25, -0.2) is 0 Å². The van der Waals surface area contributed by atoms with Crippen molar-refractivity contribution in [3.8, 4) is 0 Å². The van der Waals surface area contributed by atoms with Crippen molar-refractivity contribution < 1.29 is 18.7 Å². The summed E-state index contributed by atoms with van der Waals surface area (Å²) in [5.74, 6) is -0.338. The molecule has 0 aromatic carbocycles. The highest BCUT2D eigenvalue weighted by atomic mass is 16.3. The topological polar surface area (TPSA) is 63.6 Å². The van der Waals surface area contributed by atoms with Crippen molar-refractivity contribution in [3.63, 3.8) is 0 Å². The minimum atomic E-state index is -1.22. The van der Waals surface area contributed by atoms with E-state index in [0.29, 0.717) is 5.56 Å². The van der Waals surface area contributed by atoms with Crippen molar-refractivity contribution in [2.75, 3.05) is 0 Å². The lowest BCUT2D eigenvalue weighted by Gasteiger charge is -2.03. The third-order valence-corrected chi connectivity index (χ3v) is 1.87. The Morgan fingerprint density at radius 3 is 2.79 bits per heavy atom. The fraction of sp³-hybridized carbons (Fsp3) is 0.100. The van der Waals surface area contributed by atoms with Gasteiger partial charge in [-0.1, -0.05) is 0 Å². The van der Waals surface area contributed by atoms with Crippen molar-refractivity contribution >= 4 is 5.78 Å². The van der Waals surface area contributed by atoms with Crippen molar-refractivity contribution in [1.82, 2.24) is 0 Å². The zero-order chi connectivity index (χ0) is 9.97. The van der Waals surface area contributed by atoms with Gasteiger partial charge >= 0.3 is 0 Å². The highest BCUT2D eigenvalue weighted by Gasteiger charge is 2.21. The Labute approximate surface area is 79.8 Å². The normalized spacial score (nSPS) is 12.6. The van der Waals surface area contributed by atoms with Gasteiger partial charge in [0.15, 0.2) is 5.76 Å². The number of hydrogen-bond donors (Lipinski definition) is 1. The minimum Gasteiger partial charge on any atom is -0.472 e. The summed E-state index contributed by atoms with van der Waals surface area (Å²) in [5.41, 5.74) is 0.423. The molecule has 0 radical (unpaired) electrons. The molecule has 2 aromatic rings. The number of carbonyl (C=O) groups is 1. The van der Waals surface area contributed by atoms with E-state index in [4.69, 9.17) is 8.83 Å². The van der Waals surface area contributed by atoms with E-state index in [1.165, 1.54) is 30.9 Å². The van der Waals surface area contributed by atoms with E-state index in [-0.39, 0.29) is 5.76 Å². The number of furan rings is 2. The van der Waals surface area contributed by atoms with Gasteiger partial charge in [0.25, 0.3) is 0 Å². The van der Waals surface area contributed by atoms with Gasteiger partial charge in [-0.3, -0.25) is 4.79 Å². The summed E-state index contributed by atoms with van der Waals surface area (Å²) in [6.07, 6.45) is 2.88. The Hall–Kier alpha value is -1.81. The highest BCUT2D eigenvalue weighted by molar-refractivity contribution is 5.97. The van der Waals surface area contributed by atoms with Crippen LogP contribution in [0.5, 0.6) is 0 Å². The summed E-state index contributed by atoms with van der Waals surface area (Å²) >= 11 is 0. The average Bonchev–Trinajstić information content (AvgIpc) is 2.87. The van der Waals surface area contributed by atoms with Gasteiger partial charge in [0.2, 0.25) is 5.78 Å². The van der Waals surface area contributed by atoms with Crippen LogP contribution in [0.15, 0.2) is 45.8 Å². The van der Waals surface area contributed by atoms with E-state index in [9.17, 15) is 9.90 Å². The van der Waals surface area contributed by atoms with Crippen LogP contribution in [0.25, 0.3) is 0 Å². The summed E-state index contributed by atoms with van der Waals surface area (Å²) in [6, 6.07) is 4.63. The molecule has 72 valence electrons. The SMILES string of the molecule is O=C(c1ccco1)C(O)c1ccoc1. The standard InChI is InChI=1S/C10H8O4/c11-9(7-3-5-13-6-7)10(12)8-2-1-4-14-8/h1-6,9,11H. The molecule has 0 fully saturated rings. The summed E-state index contributed by atoms with van der Waals surface area (Å²) in [6.45, 7) is 0. The van der Waals surface area contributed by atoms with Crippen LogP contribution in [-0.4, -0.2) is 10.9 Å². The summed E-state index contributed by atoms with van der Waals surface area (Å²) in [4.78, 5) is 11.5. The molecule has 1 unspecified atom stereocenters. The van der Waals surface area contributed by atoms with Crippen LogP contribution < -0.4 is 0 Å². The zero-order valence-corrected chi connectivity index (χ0v) is 7.21. The van der Waals surface area contributed by atoms with Crippen LogP contribution in [0.3, 0.4) is 0 Å². The van der Waals surface area contributed by atoms with Crippen molar-refractivity contribution in [3.05, 3.63) is 48.3 Å². The quantitative estimate of drug-likeness (QED) is 0.753. The molecular weight excluding hydrogens is 184 g/mol. The Morgan fingerprint density at radius 1 is 1.36 bits per heavy atom. The predicted molar refractivity (Wildman–Crippen MR) is 46.7 cm³/mol. The second-order valence-corrected chi connectivity index (χ2v) is 2.80. The van der Waals surface area contributed by atoms with Gasteiger partial charge in [0.05, 0.1) is 18.8 Å². The predicted octanol–water partition coefficient (Wildman–Crippen LogP) is 1.79. The molecule has 0 aliphatic rings. The maximum Gasteiger partial charge on any atom is 0.230 e. The van der Waals surface area contributed by atoms with E-state index >= 15 is 0 Å². The molecule has 0 saturated heterocycles. The van der Waals surface area contributed by atoms with Crippen LogP contribution in [0, 0.1) is 0 Å². The Bertz CT molecular complexity index is 399. The Kier molecular flexibility index (Phi) is 2.20. The average molecular weight is 192 g/mol. The summed E-state index contributed by atoms with van der Waals surface area (Å²) < 4.78 is 9.63. The molecule has 0 saturated carbocycles. The number of aliphatic hydroxyl groups is 1. The molecular formula is C10H8O4. The Balaban J connectivity index is 2.21. The first kappa shape index (κ1) is 8.77. The molecule has 2 rings (SSSR count). The van der Waals surface area contributed by atoms with Crippen molar-refractivity contribution in [2.45, 2.75) is 6.10 Å². The van der Waals surface area contributed by atoms with E-state index in [2.05, 4.69) is 0 Å². The van der Waals surface area contributed by atoms with Gasteiger partial charge in [0.1, 0.15) is 6.10 Å². The molecule has 0 aliphatic carbocycles. The first-order chi connectivity index (χ1) is 6.79. The third kappa shape index (κ3) is 1.47. The van der Waals surface area contributed by atoms with Gasteiger partial charge in [-0.05, 0) is 18.2 Å². The van der Waals surface area contributed by atoms with Gasteiger partial charge in [-0.2, -0.15) is 0 Å². The molecule has 4 nitrogen and oxygen atoms in total. The van der Waals surface area contributed by atoms with Gasteiger partial charge in [-0.15, -0.1) is 0 Å². The number of hydrogen-bond acceptors (Lipinski definition) is 4. The van der Waals surface area contributed by atoms with Gasteiger partial charge < -0.3 is 13.9 Å². The zero-order valence-electron chi connectivity index (χ0n) is 7.21. The van der Waals surface area contributed by atoms with E-state index in [1.807, 2.05) is 0 Å². The number of aliphatic hydroxyl groups excluding tert-OH is 1. The third-order valence-electron chi connectivity index (χ3n) is 1.87. The van der Waals surface area contributed by atoms with Crippen molar-refractivity contribution in [2.24, 2.45) is 0 Å². The number of Topliss-reactive ketones (excluding diaryl/α,β-unsaturated/α-hetero) is 1. The molecule has 2 heterocycles. The highest BCUT2D eigenvalue weighted by Crippen LogP contribution is 2.18. The van der Waals surface area contributed by atoms with Crippen LogP contribution in [0.1, 0.15) is 22.2 Å². The maximum atomic E-state index is 11.5. The second kappa shape index (κ2) is 3.51. The Morgan fingerprint density at radius 2 is 2.21 bits per heavy atom. The summed E-state index contributed by atoms with van der Waals surface area (Å²) in [5, 5.41) is 9.58. The molecule has 0 aliphatic heterocycles. The van der Waals surface area contributed by atoms with E-state index in [0.717, 1.165) is 0 Å². The smallest absolute Gasteiger partial charge is 0.230 e. The minimum absolute atomic E-state index is 0.138. The fourth-order valence-corrected chi connectivity index (χ4v) is 1.14. The molecule has 1 atom stereocenters. The molecule has 0 bridgehead atoms. The second-order valence-electron chi connectivity index (χ2n) is 2.80. The molecule has 14 heavy (non-hydrogen) atoms. The molecule has 2 aromatic heterocycles. The first-order valence-corrected chi connectivity index (χ1v) is 4.07.